The summed E-state index contributed by atoms with van der Waals surface area (Å²) in [7, 11) is 0. The van der Waals surface area contributed by atoms with Crippen molar-refractivity contribution in [2.75, 3.05) is 24.5 Å². The number of piperidine rings is 2. The van der Waals surface area contributed by atoms with E-state index in [9.17, 15) is 4.79 Å². The van der Waals surface area contributed by atoms with E-state index in [1.807, 2.05) is 4.90 Å². The summed E-state index contributed by atoms with van der Waals surface area (Å²) in [6.07, 6.45) is 11.6. The smallest absolute Gasteiger partial charge is 0.257 e. The molecule has 1 atom stereocenters. The van der Waals surface area contributed by atoms with Gasteiger partial charge in [0, 0.05) is 38.1 Å². The number of carbonyl (C=O) groups is 1. The first-order valence-electron chi connectivity index (χ1n) is 8.67. The first-order chi connectivity index (χ1) is 10.8. The standard InChI is InChI=1S/C17H26N4O/c1-2-15-8-4-7-11-21(15)16(22)14-12-18-17(19-13-14)20-9-5-3-6-10-20/h12-13,15H,2-11H2,1H3. The summed E-state index contributed by atoms with van der Waals surface area (Å²) in [5.74, 6) is 0.860. The fourth-order valence-corrected chi connectivity index (χ4v) is 3.55. The maximum atomic E-state index is 12.7. The Morgan fingerprint density at radius 1 is 1.09 bits per heavy atom. The fourth-order valence-electron chi connectivity index (χ4n) is 3.55. The van der Waals surface area contributed by atoms with Gasteiger partial charge >= 0.3 is 0 Å². The number of hydrogen-bond acceptors (Lipinski definition) is 4. The molecular formula is C17H26N4O. The summed E-state index contributed by atoms with van der Waals surface area (Å²) in [5.41, 5.74) is 0.626. The molecule has 0 N–H and O–H groups in total. The summed E-state index contributed by atoms with van der Waals surface area (Å²) in [6.45, 7) is 5.08. The van der Waals surface area contributed by atoms with Crippen LogP contribution in [0.25, 0.3) is 0 Å². The second kappa shape index (κ2) is 7.07. The molecular weight excluding hydrogens is 276 g/mol. The number of nitrogens with zero attached hydrogens (tertiary/aromatic N) is 4. The highest BCUT2D eigenvalue weighted by molar-refractivity contribution is 5.94. The number of likely N-dealkylation sites (tertiary alicyclic amines) is 1. The van der Waals surface area contributed by atoms with Gasteiger partial charge in [0.2, 0.25) is 5.95 Å². The molecule has 3 heterocycles. The average Bonchev–Trinajstić information content (AvgIpc) is 2.62. The molecule has 0 radical (unpaired) electrons. The van der Waals surface area contributed by atoms with Gasteiger partial charge in [-0.1, -0.05) is 6.92 Å². The molecule has 120 valence electrons. The Kier molecular flexibility index (Phi) is 4.90. The van der Waals surface area contributed by atoms with Gasteiger partial charge in [-0.25, -0.2) is 9.97 Å². The van der Waals surface area contributed by atoms with Crippen molar-refractivity contribution in [2.45, 2.75) is 57.9 Å². The van der Waals surface area contributed by atoms with Gasteiger partial charge in [0.15, 0.2) is 0 Å². The molecule has 1 aromatic rings. The van der Waals surface area contributed by atoms with Crippen molar-refractivity contribution in [1.29, 1.82) is 0 Å². The minimum atomic E-state index is 0.0942. The molecule has 1 unspecified atom stereocenters. The molecule has 0 aromatic carbocycles. The number of aromatic nitrogens is 2. The highest BCUT2D eigenvalue weighted by atomic mass is 16.2. The second-order valence-corrected chi connectivity index (χ2v) is 6.38. The first-order valence-corrected chi connectivity index (χ1v) is 8.67. The van der Waals surface area contributed by atoms with Gasteiger partial charge in [0.25, 0.3) is 5.91 Å². The Labute approximate surface area is 132 Å². The van der Waals surface area contributed by atoms with Crippen LogP contribution in [0.2, 0.25) is 0 Å². The predicted octanol–water partition coefficient (Wildman–Crippen LogP) is 2.87. The zero-order valence-electron chi connectivity index (χ0n) is 13.5. The molecule has 1 amide bonds. The zero-order valence-corrected chi connectivity index (χ0v) is 13.5. The average molecular weight is 302 g/mol. The lowest BCUT2D eigenvalue weighted by molar-refractivity contribution is 0.0607. The van der Waals surface area contributed by atoms with E-state index in [1.54, 1.807) is 12.4 Å². The summed E-state index contributed by atoms with van der Waals surface area (Å²) in [6, 6.07) is 0.378. The Hall–Kier alpha value is -1.65. The normalized spacial score (nSPS) is 22.7. The predicted molar refractivity (Wildman–Crippen MR) is 87.1 cm³/mol. The SMILES string of the molecule is CCC1CCCCN1C(=O)c1cnc(N2CCCCC2)nc1. The van der Waals surface area contributed by atoms with E-state index in [0.717, 1.165) is 44.8 Å². The largest absolute Gasteiger partial charge is 0.341 e. The number of carbonyl (C=O) groups excluding carboxylic acids is 1. The van der Waals surface area contributed by atoms with Crippen molar-refractivity contribution in [3.63, 3.8) is 0 Å². The lowest BCUT2D eigenvalue weighted by Gasteiger charge is -2.35. The Morgan fingerprint density at radius 2 is 1.77 bits per heavy atom. The Bertz CT molecular complexity index is 496. The van der Waals surface area contributed by atoms with E-state index in [-0.39, 0.29) is 5.91 Å². The van der Waals surface area contributed by atoms with E-state index in [0.29, 0.717) is 11.6 Å². The molecule has 0 aliphatic carbocycles. The highest BCUT2D eigenvalue weighted by Crippen LogP contribution is 2.22. The van der Waals surface area contributed by atoms with Crippen LogP contribution in [0.5, 0.6) is 0 Å². The van der Waals surface area contributed by atoms with Crippen LogP contribution in [0, 0.1) is 0 Å². The van der Waals surface area contributed by atoms with Gasteiger partial charge in [-0.05, 0) is 44.9 Å². The van der Waals surface area contributed by atoms with Crippen molar-refractivity contribution in [3.05, 3.63) is 18.0 Å². The van der Waals surface area contributed by atoms with E-state index >= 15 is 0 Å². The quantitative estimate of drug-likeness (QED) is 0.861. The van der Waals surface area contributed by atoms with Crippen LogP contribution in [0.4, 0.5) is 5.95 Å². The van der Waals surface area contributed by atoms with E-state index in [4.69, 9.17) is 0 Å². The van der Waals surface area contributed by atoms with Crippen LogP contribution >= 0.6 is 0 Å². The number of rotatable bonds is 3. The number of anilines is 1. The summed E-state index contributed by atoms with van der Waals surface area (Å²) >= 11 is 0. The summed E-state index contributed by atoms with van der Waals surface area (Å²) < 4.78 is 0. The number of hydrogen-bond donors (Lipinski definition) is 0. The molecule has 2 saturated heterocycles. The molecule has 0 bridgehead atoms. The first kappa shape index (κ1) is 15.3. The van der Waals surface area contributed by atoms with Crippen LogP contribution in [-0.2, 0) is 0 Å². The Morgan fingerprint density at radius 3 is 2.45 bits per heavy atom. The zero-order chi connectivity index (χ0) is 15.4. The molecule has 1 aromatic heterocycles. The van der Waals surface area contributed by atoms with Gasteiger partial charge in [-0.15, -0.1) is 0 Å². The lowest BCUT2D eigenvalue weighted by atomic mass is 9.99. The van der Waals surface area contributed by atoms with Gasteiger partial charge in [-0.3, -0.25) is 4.79 Å². The maximum absolute atomic E-state index is 12.7. The third-order valence-electron chi connectivity index (χ3n) is 4.88. The molecule has 2 fully saturated rings. The summed E-state index contributed by atoms with van der Waals surface area (Å²) in [4.78, 5) is 25.8. The van der Waals surface area contributed by atoms with Crippen molar-refractivity contribution in [3.8, 4) is 0 Å². The maximum Gasteiger partial charge on any atom is 0.257 e. The molecule has 5 nitrogen and oxygen atoms in total. The minimum absolute atomic E-state index is 0.0942. The van der Waals surface area contributed by atoms with Crippen LogP contribution in [-0.4, -0.2) is 46.5 Å². The third kappa shape index (κ3) is 3.23. The van der Waals surface area contributed by atoms with Crippen LogP contribution in [0.15, 0.2) is 12.4 Å². The molecule has 2 aliphatic heterocycles. The monoisotopic (exact) mass is 302 g/mol. The molecule has 0 spiro atoms. The van der Waals surface area contributed by atoms with Gasteiger partial charge < -0.3 is 9.80 Å². The van der Waals surface area contributed by atoms with E-state index in [1.165, 1.54) is 25.7 Å². The molecule has 2 aliphatic rings. The van der Waals surface area contributed by atoms with Crippen LogP contribution in [0.3, 0.4) is 0 Å². The Balaban J connectivity index is 1.70. The highest BCUT2D eigenvalue weighted by Gasteiger charge is 2.26. The van der Waals surface area contributed by atoms with Crippen LogP contribution in [0.1, 0.15) is 62.2 Å². The molecule has 0 saturated carbocycles. The lowest BCUT2D eigenvalue weighted by Crippen LogP contribution is -2.43. The number of amides is 1. The molecule has 22 heavy (non-hydrogen) atoms. The summed E-state index contributed by atoms with van der Waals surface area (Å²) in [5, 5.41) is 0. The topological polar surface area (TPSA) is 49.3 Å². The third-order valence-corrected chi connectivity index (χ3v) is 4.88. The van der Waals surface area contributed by atoms with Crippen molar-refractivity contribution < 1.29 is 4.79 Å². The van der Waals surface area contributed by atoms with Crippen LogP contribution < -0.4 is 4.90 Å². The van der Waals surface area contributed by atoms with Gasteiger partial charge in [0.1, 0.15) is 0 Å². The molecule has 5 heteroatoms. The van der Waals surface area contributed by atoms with E-state index in [2.05, 4.69) is 21.8 Å². The minimum Gasteiger partial charge on any atom is -0.341 e. The van der Waals surface area contributed by atoms with Crippen molar-refractivity contribution in [1.82, 2.24) is 14.9 Å². The van der Waals surface area contributed by atoms with Gasteiger partial charge in [-0.2, -0.15) is 0 Å². The fraction of sp³-hybridized carbons (Fsp3) is 0.706. The van der Waals surface area contributed by atoms with Crippen molar-refractivity contribution >= 4 is 11.9 Å². The van der Waals surface area contributed by atoms with Crippen molar-refractivity contribution in [2.24, 2.45) is 0 Å². The molecule has 3 rings (SSSR count). The van der Waals surface area contributed by atoms with E-state index < -0.39 is 0 Å². The second-order valence-electron chi connectivity index (χ2n) is 6.38. The van der Waals surface area contributed by atoms with Gasteiger partial charge in [0.05, 0.1) is 5.56 Å².